The first-order chi connectivity index (χ1) is 7.95. The summed E-state index contributed by atoms with van der Waals surface area (Å²) in [5.41, 5.74) is 0. The first kappa shape index (κ1) is 13.7. The van der Waals surface area contributed by atoms with E-state index < -0.39 is 17.5 Å². The molecule has 0 bridgehead atoms. The number of carbonyl (C=O) groups excluding carboxylic acids is 1. The highest BCUT2D eigenvalue weighted by molar-refractivity contribution is 7.15. The van der Waals surface area contributed by atoms with Gasteiger partial charge in [0.15, 0.2) is 5.01 Å². The summed E-state index contributed by atoms with van der Waals surface area (Å²) in [6, 6.07) is -0.916. The fourth-order valence-electron chi connectivity index (χ4n) is 0.876. The van der Waals surface area contributed by atoms with E-state index in [-0.39, 0.29) is 17.8 Å². The third-order valence-corrected chi connectivity index (χ3v) is 2.93. The number of rotatable bonds is 4. The molecule has 1 aromatic heterocycles. The zero-order chi connectivity index (χ0) is 13.0. The minimum Gasteiger partial charge on any atom is -0.394 e. The maximum absolute atomic E-state index is 12.2. The molecule has 1 atom stereocenters. The Hall–Kier alpha value is -1.35. The minimum atomic E-state index is -2.70. The average Bonchev–Trinajstić information content (AvgIpc) is 2.75. The lowest BCUT2D eigenvalue weighted by Crippen LogP contribution is -2.40. The average molecular weight is 266 g/mol. The molecule has 1 aromatic rings. The number of urea groups is 1. The van der Waals surface area contributed by atoms with Gasteiger partial charge in [0.25, 0.3) is 6.43 Å². The molecule has 6 nitrogen and oxygen atoms in total. The summed E-state index contributed by atoms with van der Waals surface area (Å²) in [5.74, 6) is 0. The van der Waals surface area contributed by atoms with Gasteiger partial charge in [-0.05, 0) is 6.92 Å². The number of nitrogens with one attached hydrogen (secondary N) is 1. The van der Waals surface area contributed by atoms with Gasteiger partial charge in [0.1, 0.15) is 0 Å². The number of hydrogen-bond acceptors (Lipinski definition) is 5. The summed E-state index contributed by atoms with van der Waals surface area (Å²) in [6.07, 6.45) is -2.70. The van der Waals surface area contributed by atoms with Crippen LogP contribution in [0.5, 0.6) is 0 Å². The third kappa shape index (κ3) is 3.56. The fourth-order valence-corrected chi connectivity index (χ4v) is 1.46. The topological polar surface area (TPSA) is 78.4 Å². The Morgan fingerprint density at radius 2 is 2.24 bits per heavy atom. The van der Waals surface area contributed by atoms with E-state index in [1.807, 2.05) is 0 Å². The molecule has 0 aromatic carbocycles. The number of amides is 2. The first-order valence-corrected chi connectivity index (χ1v) is 5.53. The zero-order valence-electron chi connectivity index (χ0n) is 9.22. The Kier molecular flexibility index (Phi) is 4.70. The van der Waals surface area contributed by atoms with Crippen LogP contribution in [-0.4, -0.2) is 45.9 Å². The molecule has 1 rings (SSSR count). The lowest BCUT2D eigenvalue weighted by Gasteiger charge is -2.22. The summed E-state index contributed by atoms with van der Waals surface area (Å²) in [6.45, 7) is 1.45. The van der Waals surface area contributed by atoms with E-state index in [9.17, 15) is 13.6 Å². The minimum absolute atomic E-state index is 0.00212. The van der Waals surface area contributed by atoms with Crippen molar-refractivity contribution in [1.29, 1.82) is 0 Å². The standard InChI is InChI=1S/C8H12F2N4O2S/c1-4(3-15)14(2)8(16)11-7-13-12-6(17-7)5(9)10/h4-5,15H,3H2,1-2H3,(H,11,13,16). The Morgan fingerprint density at radius 1 is 1.59 bits per heavy atom. The quantitative estimate of drug-likeness (QED) is 0.861. The molecular formula is C8H12F2N4O2S. The van der Waals surface area contributed by atoms with Crippen molar-refractivity contribution < 1.29 is 18.7 Å². The number of likely N-dealkylation sites (N-methyl/N-ethyl adjacent to an activating group) is 1. The molecule has 17 heavy (non-hydrogen) atoms. The van der Waals surface area contributed by atoms with Crippen molar-refractivity contribution >= 4 is 22.5 Å². The number of aliphatic hydroxyl groups excluding tert-OH is 1. The lowest BCUT2D eigenvalue weighted by molar-refractivity contribution is 0.150. The number of aromatic nitrogens is 2. The molecule has 0 radical (unpaired) electrons. The molecule has 1 heterocycles. The van der Waals surface area contributed by atoms with Crippen molar-refractivity contribution in [2.24, 2.45) is 0 Å². The molecule has 9 heteroatoms. The molecule has 0 aliphatic carbocycles. The second-order valence-electron chi connectivity index (χ2n) is 3.32. The molecule has 0 fully saturated rings. The Bertz CT molecular complexity index is 387. The van der Waals surface area contributed by atoms with Crippen LogP contribution in [0.4, 0.5) is 18.7 Å². The van der Waals surface area contributed by atoms with Gasteiger partial charge in [-0.25, -0.2) is 13.6 Å². The maximum atomic E-state index is 12.2. The summed E-state index contributed by atoms with van der Waals surface area (Å²) in [7, 11) is 1.48. The Balaban J connectivity index is 2.61. The van der Waals surface area contributed by atoms with Crippen molar-refractivity contribution in [2.75, 3.05) is 19.0 Å². The summed E-state index contributed by atoms with van der Waals surface area (Å²) in [4.78, 5) is 12.8. The first-order valence-electron chi connectivity index (χ1n) is 4.72. The highest BCUT2D eigenvalue weighted by atomic mass is 32.1. The molecule has 0 spiro atoms. The molecule has 96 valence electrons. The van der Waals surface area contributed by atoms with Crippen LogP contribution < -0.4 is 5.32 Å². The number of hydrogen-bond donors (Lipinski definition) is 2. The summed E-state index contributed by atoms with van der Waals surface area (Å²) >= 11 is 0.613. The highest BCUT2D eigenvalue weighted by Crippen LogP contribution is 2.25. The molecule has 2 amide bonds. The van der Waals surface area contributed by atoms with Crippen molar-refractivity contribution in [2.45, 2.75) is 19.4 Å². The second kappa shape index (κ2) is 5.82. The van der Waals surface area contributed by atoms with Crippen LogP contribution in [0.15, 0.2) is 0 Å². The predicted molar refractivity (Wildman–Crippen MR) is 58.2 cm³/mol. The largest absolute Gasteiger partial charge is 0.394 e. The third-order valence-electron chi connectivity index (χ3n) is 2.09. The van der Waals surface area contributed by atoms with E-state index >= 15 is 0 Å². The van der Waals surface area contributed by atoms with Crippen LogP contribution in [0.2, 0.25) is 0 Å². The SMILES string of the molecule is CC(CO)N(C)C(=O)Nc1nnc(C(F)F)s1. The number of carbonyl (C=O) groups is 1. The van der Waals surface area contributed by atoms with Crippen LogP contribution in [0.3, 0.4) is 0 Å². The van der Waals surface area contributed by atoms with Gasteiger partial charge in [-0.3, -0.25) is 5.32 Å². The molecule has 2 N–H and O–H groups in total. The number of halogens is 2. The number of aliphatic hydroxyl groups is 1. The molecular weight excluding hydrogens is 254 g/mol. The van der Waals surface area contributed by atoms with Crippen LogP contribution >= 0.6 is 11.3 Å². The van der Waals surface area contributed by atoms with Crippen LogP contribution in [-0.2, 0) is 0 Å². The van der Waals surface area contributed by atoms with E-state index in [4.69, 9.17) is 5.11 Å². The Morgan fingerprint density at radius 3 is 2.71 bits per heavy atom. The molecule has 0 aliphatic heterocycles. The number of anilines is 1. The number of alkyl halides is 2. The van der Waals surface area contributed by atoms with Gasteiger partial charge in [0.05, 0.1) is 12.6 Å². The van der Waals surface area contributed by atoms with Crippen molar-refractivity contribution in [3.8, 4) is 0 Å². The van der Waals surface area contributed by atoms with E-state index in [0.29, 0.717) is 11.3 Å². The van der Waals surface area contributed by atoms with Gasteiger partial charge in [-0.15, -0.1) is 10.2 Å². The summed E-state index contributed by atoms with van der Waals surface area (Å²) in [5, 5.41) is 17.4. The van der Waals surface area contributed by atoms with E-state index in [1.165, 1.54) is 11.9 Å². The fraction of sp³-hybridized carbons (Fsp3) is 0.625. The normalized spacial score (nSPS) is 12.6. The molecule has 1 unspecified atom stereocenters. The predicted octanol–water partition coefficient (Wildman–Crippen LogP) is 1.32. The van der Waals surface area contributed by atoms with Crippen LogP contribution in [0.1, 0.15) is 18.4 Å². The van der Waals surface area contributed by atoms with Gasteiger partial charge in [0.2, 0.25) is 5.13 Å². The smallest absolute Gasteiger partial charge is 0.323 e. The highest BCUT2D eigenvalue weighted by Gasteiger charge is 2.18. The van der Waals surface area contributed by atoms with Crippen molar-refractivity contribution in [3.05, 3.63) is 5.01 Å². The van der Waals surface area contributed by atoms with E-state index in [1.54, 1.807) is 6.92 Å². The second-order valence-corrected chi connectivity index (χ2v) is 4.33. The van der Waals surface area contributed by atoms with Gasteiger partial charge >= 0.3 is 6.03 Å². The maximum Gasteiger partial charge on any atom is 0.323 e. The van der Waals surface area contributed by atoms with E-state index in [0.717, 1.165) is 0 Å². The number of nitrogens with zero attached hydrogens (tertiary/aromatic N) is 3. The summed E-state index contributed by atoms with van der Waals surface area (Å²) < 4.78 is 24.4. The van der Waals surface area contributed by atoms with E-state index in [2.05, 4.69) is 15.5 Å². The zero-order valence-corrected chi connectivity index (χ0v) is 10.0. The molecule has 0 saturated carbocycles. The van der Waals surface area contributed by atoms with Crippen molar-refractivity contribution in [1.82, 2.24) is 15.1 Å². The van der Waals surface area contributed by atoms with Gasteiger partial charge in [-0.1, -0.05) is 11.3 Å². The van der Waals surface area contributed by atoms with Gasteiger partial charge in [-0.2, -0.15) is 0 Å². The molecule has 0 saturated heterocycles. The van der Waals surface area contributed by atoms with Crippen molar-refractivity contribution in [3.63, 3.8) is 0 Å². The monoisotopic (exact) mass is 266 g/mol. The van der Waals surface area contributed by atoms with Gasteiger partial charge < -0.3 is 10.0 Å². The molecule has 0 aliphatic rings. The Labute approximate surface area is 100 Å². The van der Waals surface area contributed by atoms with Crippen LogP contribution in [0, 0.1) is 0 Å². The lowest BCUT2D eigenvalue weighted by atomic mass is 10.3. The van der Waals surface area contributed by atoms with Gasteiger partial charge in [0, 0.05) is 7.05 Å². The van der Waals surface area contributed by atoms with Crippen LogP contribution in [0.25, 0.3) is 0 Å².